The predicted molar refractivity (Wildman–Crippen MR) is 67.6 cm³/mol. The first kappa shape index (κ1) is 11.5. The van der Waals surface area contributed by atoms with Crippen LogP contribution in [0.25, 0.3) is 11.0 Å². The molecule has 2 heterocycles. The molecule has 94 valence electrons. The van der Waals surface area contributed by atoms with Crippen LogP contribution in [0.1, 0.15) is 21.7 Å². The van der Waals surface area contributed by atoms with Crippen LogP contribution in [0.2, 0.25) is 0 Å². The summed E-state index contributed by atoms with van der Waals surface area (Å²) in [7, 11) is 0. The maximum Gasteiger partial charge on any atom is 0.150 e. The molecule has 3 rings (SSSR count). The van der Waals surface area contributed by atoms with Gasteiger partial charge in [-0.1, -0.05) is 12.1 Å². The van der Waals surface area contributed by atoms with Crippen molar-refractivity contribution < 1.29 is 14.3 Å². The summed E-state index contributed by atoms with van der Waals surface area (Å²) in [6.07, 6.45) is 4.29. The van der Waals surface area contributed by atoms with Crippen LogP contribution in [-0.2, 0) is 6.42 Å². The molecule has 4 nitrogen and oxygen atoms in total. The highest BCUT2D eigenvalue weighted by atomic mass is 16.4. The topological polar surface area (TPSA) is 66.2 Å². The summed E-state index contributed by atoms with van der Waals surface area (Å²) in [4.78, 5) is 14.8. The maximum atomic E-state index is 10.7. The normalized spacial score (nSPS) is 10.7. The molecule has 3 aromatic rings. The fraction of sp³-hybridized carbons (Fsp3) is 0.0667. The molecule has 4 heteroatoms. The summed E-state index contributed by atoms with van der Waals surface area (Å²) < 4.78 is 5.16. The summed E-state index contributed by atoms with van der Waals surface area (Å²) in [6, 6.07) is 11.0. The van der Waals surface area contributed by atoms with Crippen molar-refractivity contribution in [2.24, 2.45) is 0 Å². The summed E-state index contributed by atoms with van der Waals surface area (Å²) in [5, 5.41) is 11.5. The van der Waals surface area contributed by atoms with Crippen molar-refractivity contribution in [1.82, 2.24) is 4.98 Å². The van der Waals surface area contributed by atoms with Gasteiger partial charge in [0.2, 0.25) is 0 Å². The van der Waals surface area contributed by atoms with Crippen molar-refractivity contribution in [1.29, 1.82) is 0 Å². The molecule has 0 fully saturated rings. The Morgan fingerprint density at radius 1 is 1.21 bits per heavy atom. The third kappa shape index (κ3) is 2.33. The number of fused-ring (bicyclic) bond motifs is 1. The molecule has 0 saturated carbocycles. The van der Waals surface area contributed by atoms with Gasteiger partial charge < -0.3 is 14.3 Å². The quantitative estimate of drug-likeness (QED) is 0.712. The lowest BCUT2D eigenvalue weighted by Gasteiger charge is -2.00. The number of hydrogen-bond donors (Lipinski definition) is 0. The standard InChI is InChI=1S/C15H11NO3/c17-15(18)14-8-12-7-10(3-4-13(12)19-14)6-11-2-1-5-16-9-11/h1-5,7-9H,6H2,(H,17,18)/p-1. The molecule has 0 spiro atoms. The SMILES string of the molecule is O=C([O-])c1cc2cc(Cc3cccnc3)ccc2o1. The largest absolute Gasteiger partial charge is 0.542 e. The van der Waals surface area contributed by atoms with Crippen LogP contribution in [0.3, 0.4) is 0 Å². The van der Waals surface area contributed by atoms with E-state index in [0.29, 0.717) is 5.58 Å². The van der Waals surface area contributed by atoms with Gasteiger partial charge in [-0.2, -0.15) is 0 Å². The zero-order valence-corrected chi connectivity index (χ0v) is 10.00. The first-order valence-electron chi connectivity index (χ1n) is 5.85. The van der Waals surface area contributed by atoms with Crippen molar-refractivity contribution in [2.45, 2.75) is 6.42 Å². The van der Waals surface area contributed by atoms with Gasteiger partial charge in [0, 0.05) is 17.8 Å². The van der Waals surface area contributed by atoms with E-state index in [1.54, 1.807) is 12.3 Å². The van der Waals surface area contributed by atoms with E-state index in [1.165, 1.54) is 6.07 Å². The number of nitrogens with zero attached hydrogens (tertiary/aromatic N) is 1. The van der Waals surface area contributed by atoms with Gasteiger partial charge in [-0.05, 0) is 41.8 Å². The number of carbonyl (C=O) groups is 1. The highest BCUT2D eigenvalue weighted by Crippen LogP contribution is 2.21. The molecule has 0 aliphatic heterocycles. The molecule has 0 N–H and O–H groups in total. The second-order valence-electron chi connectivity index (χ2n) is 4.31. The van der Waals surface area contributed by atoms with E-state index < -0.39 is 5.97 Å². The minimum Gasteiger partial charge on any atom is -0.542 e. The Morgan fingerprint density at radius 2 is 2.11 bits per heavy atom. The first-order valence-corrected chi connectivity index (χ1v) is 5.85. The number of carboxylic acid groups (broad SMARTS) is 1. The highest BCUT2D eigenvalue weighted by Gasteiger charge is 2.05. The van der Waals surface area contributed by atoms with Crippen LogP contribution in [-0.4, -0.2) is 11.0 Å². The lowest BCUT2D eigenvalue weighted by atomic mass is 10.1. The zero-order valence-electron chi connectivity index (χ0n) is 10.00. The van der Waals surface area contributed by atoms with Gasteiger partial charge in [0.25, 0.3) is 0 Å². The fourth-order valence-electron chi connectivity index (χ4n) is 2.04. The van der Waals surface area contributed by atoms with Gasteiger partial charge in [0.15, 0.2) is 5.76 Å². The van der Waals surface area contributed by atoms with Crippen molar-refractivity contribution in [3.05, 3.63) is 65.7 Å². The summed E-state index contributed by atoms with van der Waals surface area (Å²) in [5.74, 6) is -1.45. The number of pyridine rings is 1. The average molecular weight is 252 g/mol. The summed E-state index contributed by atoms with van der Waals surface area (Å²) in [6.45, 7) is 0. The number of benzene rings is 1. The second kappa shape index (κ2) is 4.57. The molecule has 0 aliphatic carbocycles. The molecular weight excluding hydrogens is 242 g/mol. The lowest BCUT2D eigenvalue weighted by Crippen LogP contribution is -2.21. The summed E-state index contributed by atoms with van der Waals surface area (Å²) in [5.41, 5.74) is 2.73. The van der Waals surface area contributed by atoms with E-state index in [0.717, 1.165) is 22.9 Å². The van der Waals surface area contributed by atoms with Gasteiger partial charge in [-0.3, -0.25) is 4.98 Å². The third-order valence-electron chi connectivity index (χ3n) is 2.91. The van der Waals surface area contributed by atoms with Crippen LogP contribution < -0.4 is 5.11 Å². The van der Waals surface area contributed by atoms with Crippen LogP contribution in [0.4, 0.5) is 0 Å². The van der Waals surface area contributed by atoms with Crippen LogP contribution in [0.15, 0.2) is 53.2 Å². The molecule has 0 aliphatic rings. The number of carboxylic acids is 1. The Labute approximate surface area is 109 Å². The van der Waals surface area contributed by atoms with E-state index >= 15 is 0 Å². The first-order chi connectivity index (χ1) is 9.22. The Hall–Kier alpha value is -2.62. The second-order valence-corrected chi connectivity index (χ2v) is 4.31. The van der Waals surface area contributed by atoms with Gasteiger partial charge in [-0.15, -0.1) is 0 Å². The molecule has 0 atom stereocenters. The molecule has 0 unspecified atom stereocenters. The molecule has 0 radical (unpaired) electrons. The van der Waals surface area contributed by atoms with Crippen LogP contribution in [0, 0.1) is 0 Å². The number of furan rings is 1. The molecule has 2 aromatic heterocycles. The fourth-order valence-corrected chi connectivity index (χ4v) is 2.04. The molecule has 0 bridgehead atoms. The number of aromatic carboxylic acids is 1. The maximum absolute atomic E-state index is 10.7. The molecule has 19 heavy (non-hydrogen) atoms. The monoisotopic (exact) mass is 252 g/mol. The van der Waals surface area contributed by atoms with Crippen LogP contribution in [0.5, 0.6) is 0 Å². The van der Waals surface area contributed by atoms with E-state index in [-0.39, 0.29) is 5.76 Å². The Kier molecular flexibility index (Phi) is 2.76. The highest BCUT2D eigenvalue weighted by molar-refractivity contribution is 5.90. The number of hydrogen-bond acceptors (Lipinski definition) is 4. The van der Waals surface area contributed by atoms with E-state index in [1.807, 2.05) is 30.5 Å². The average Bonchev–Trinajstić information content (AvgIpc) is 2.83. The summed E-state index contributed by atoms with van der Waals surface area (Å²) >= 11 is 0. The van der Waals surface area contributed by atoms with E-state index in [4.69, 9.17) is 4.42 Å². The Morgan fingerprint density at radius 3 is 2.84 bits per heavy atom. The van der Waals surface area contributed by atoms with Crippen molar-refractivity contribution in [3.8, 4) is 0 Å². The molecule has 0 saturated heterocycles. The predicted octanol–water partition coefficient (Wildman–Crippen LogP) is 1.78. The van der Waals surface area contributed by atoms with Gasteiger partial charge >= 0.3 is 0 Å². The number of carbonyl (C=O) groups excluding carboxylic acids is 1. The molecule has 1 aromatic carbocycles. The van der Waals surface area contributed by atoms with Gasteiger partial charge in [-0.25, -0.2) is 0 Å². The van der Waals surface area contributed by atoms with Crippen molar-refractivity contribution in [3.63, 3.8) is 0 Å². The lowest BCUT2D eigenvalue weighted by molar-refractivity contribution is -0.256. The molecule has 0 amide bonds. The number of rotatable bonds is 3. The third-order valence-corrected chi connectivity index (χ3v) is 2.91. The Balaban J connectivity index is 1.95. The number of aromatic nitrogens is 1. The minimum absolute atomic E-state index is 0.145. The molecular formula is C15H10NO3-. The van der Waals surface area contributed by atoms with Gasteiger partial charge in [0.1, 0.15) is 11.6 Å². The van der Waals surface area contributed by atoms with E-state index in [2.05, 4.69) is 4.98 Å². The van der Waals surface area contributed by atoms with Crippen molar-refractivity contribution in [2.75, 3.05) is 0 Å². The smallest absolute Gasteiger partial charge is 0.150 e. The minimum atomic E-state index is -1.30. The van der Waals surface area contributed by atoms with Crippen LogP contribution >= 0.6 is 0 Å². The zero-order chi connectivity index (χ0) is 13.2. The van der Waals surface area contributed by atoms with E-state index in [9.17, 15) is 9.90 Å². The Bertz CT molecular complexity index is 731. The van der Waals surface area contributed by atoms with Gasteiger partial charge in [0.05, 0.1) is 0 Å². The van der Waals surface area contributed by atoms with Crippen molar-refractivity contribution >= 4 is 16.9 Å².